The summed E-state index contributed by atoms with van der Waals surface area (Å²) in [4.78, 5) is 22.5. The number of carbonyl (C=O) groups excluding carboxylic acids is 2. The predicted molar refractivity (Wildman–Crippen MR) is 77.8 cm³/mol. The average molecular weight is 294 g/mol. The molecule has 0 amide bonds. The summed E-state index contributed by atoms with van der Waals surface area (Å²) in [5, 5.41) is 20.1. The number of thioether (sulfide) groups is 1. The maximum absolute atomic E-state index is 11.7. The lowest BCUT2D eigenvalue weighted by Gasteiger charge is -2.18. The van der Waals surface area contributed by atoms with Crippen molar-refractivity contribution in [2.24, 2.45) is 0 Å². The summed E-state index contributed by atoms with van der Waals surface area (Å²) >= 11 is 1.13. The van der Waals surface area contributed by atoms with Crippen molar-refractivity contribution in [1.82, 2.24) is 0 Å². The van der Waals surface area contributed by atoms with Crippen LogP contribution in [0.5, 0.6) is 0 Å². The molecule has 4 nitrogen and oxygen atoms in total. The summed E-state index contributed by atoms with van der Waals surface area (Å²) in [7, 11) is 0. The molecule has 2 atom stereocenters. The van der Waals surface area contributed by atoms with Gasteiger partial charge in [0.05, 0.1) is 6.10 Å². The molecule has 2 rings (SSSR count). The summed E-state index contributed by atoms with van der Waals surface area (Å²) < 4.78 is 0. The second-order valence-corrected chi connectivity index (χ2v) is 6.25. The van der Waals surface area contributed by atoms with E-state index in [2.05, 4.69) is 0 Å². The number of hydrogen-bond donors (Lipinski definition) is 2. The molecule has 0 heterocycles. The summed E-state index contributed by atoms with van der Waals surface area (Å²) in [5.41, 5.74) is 2.22. The highest BCUT2D eigenvalue weighted by molar-refractivity contribution is 8.13. The number of aliphatic hydroxyl groups excluding tert-OH is 2. The van der Waals surface area contributed by atoms with Crippen LogP contribution in [0.4, 0.5) is 0 Å². The van der Waals surface area contributed by atoms with E-state index in [4.69, 9.17) is 0 Å². The molecule has 2 unspecified atom stereocenters. The third-order valence-electron chi connectivity index (χ3n) is 3.48. The molecule has 1 aromatic carbocycles. The van der Waals surface area contributed by atoms with Crippen molar-refractivity contribution in [3.8, 4) is 0 Å². The Balaban J connectivity index is 2.02. The minimum atomic E-state index is -1.03. The topological polar surface area (TPSA) is 74.6 Å². The van der Waals surface area contributed by atoms with E-state index in [1.807, 2.05) is 6.07 Å². The van der Waals surface area contributed by atoms with Crippen molar-refractivity contribution in [2.45, 2.75) is 38.4 Å². The Morgan fingerprint density at radius 2 is 2.10 bits per heavy atom. The van der Waals surface area contributed by atoms with E-state index >= 15 is 0 Å². The molecule has 20 heavy (non-hydrogen) atoms. The van der Waals surface area contributed by atoms with Gasteiger partial charge in [0.1, 0.15) is 6.10 Å². The maximum atomic E-state index is 11.7. The van der Waals surface area contributed by atoms with E-state index in [0.717, 1.165) is 23.7 Å². The lowest BCUT2D eigenvalue weighted by molar-refractivity contribution is -0.109. The SMILES string of the molecule is CC(=O)SCCC(O)C(O)c1ccc2c(c1)C(=O)CC2. The van der Waals surface area contributed by atoms with Gasteiger partial charge in [-0.3, -0.25) is 9.59 Å². The molecular formula is C15H18O4S. The van der Waals surface area contributed by atoms with Crippen LogP contribution in [0, 0.1) is 0 Å². The smallest absolute Gasteiger partial charge is 0.185 e. The Morgan fingerprint density at radius 3 is 2.80 bits per heavy atom. The lowest BCUT2D eigenvalue weighted by atomic mass is 9.98. The molecule has 0 aliphatic heterocycles. The highest BCUT2D eigenvalue weighted by Gasteiger charge is 2.23. The number of fused-ring (bicyclic) bond motifs is 1. The average Bonchev–Trinajstić information content (AvgIpc) is 2.78. The van der Waals surface area contributed by atoms with E-state index in [1.165, 1.54) is 6.92 Å². The maximum Gasteiger partial charge on any atom is 0.185 e. The second kappa shape index (κ2) is 6.52. The van der Waals surface area contributed by atoms with Gasteiger partial charge < -0.3 is 10.2 Å². The van der Waals surface area contributed by atoms with Crippen LogP contribution in [0.2, 0.25) is 0 Å². The van der Waals surface area contributed by atoms with Crippen LogP contribution >= 0.6 is 11.8 Å². The van der Waals surface area contributed by atoms with Gasteiger partial charge in [0.15, 0.2) is 10.9 Å². The monoisotopic (exact) mass is 294 g/mol. The zero-order chi connectivity index (χ0) is 14.7. The van der Waals surface area contributed by atoms with Crippen LogP contribution in [0.1, 0.15) is 47.4 Å². The van der Waals surface area contributed by atoms with Gasteiger partial charge in [0, 0.05) is 24.7 Å². The van der Waals surface area contributed by atoms with Gasteiger partial charge >= 0.3 is 0 Å². The molecule has 0 bridgehead atoms. The molecule has 2 N–H and O–H groups in total. The van der Waals surface area contributed by atoms with E-state index in [1.54, 1.807) is 12.1 Å². The first-order valence-electron chi connectivity index (χ1n) is 6.64. The van der Waals surface area contributed by atoms with Crippen molar-refractivity contribution < 1.29 is 19.8 Å². The number of benzene rings is 1. The van der Waals surface area contributed by atoms with E-state index in [0.29, 0.717) is 29.7 Å². The van der Waals surface area contributed by atoms with Crippen LogP contribution in [0.3, 0.4) is 0 Å². The van der Waals surface area contributed by atoms with E-state index < -0.39 is 12.2 Å². The van der Waals surface area contributed by atoms with Crippen molar-refractivity contribution in [2.75, 3.05) is 5.75 Å². The van der Waals surface area contributed by atoms with E-state index in [9.17, 15) is 19.8 Å². The summed E-state index contributed by atoms with van der Waals surface area (Å²) in [6.07, 6.45) is -0.358. The van der Waals surface area contributed by atoms with Crippen LogP contribution in [-0.4, -0.2) is 33.0 Å². The summed E-state index contributed by atoms with van der Waals surface area (Å²) in [6.45, 7) is 1.47. The lowest BCUT2D eigenvalue weighted by Crippen LogP contribution is -2.19. The quantitative estimate of drug-likeness (QED) is 0.867. The number of Topliss-reactive ketones (excluding diaryl/α,β-unsaturated/α-hetero) is 1. The fraction of sp³-hybridized carbons (Fsp3) is 0.467. The number of aliphatic hydroxyl groups is 2. The zero-order valence-corrected chi connectivity index (χ0v) is 12.2. The number of carbonyl (C=O) groups is 2. The number of ketones is 1. The van der Waals surface area contributed by atoms with Gasteiger partial charge in [-0.25, -0.2) is 0 Å². The Labute approximate surface area is 122 Å². The van der Waals surface area contributed by atoms with Gasteiger partial charge in [-0.15, -0.1) is 0 Å². The third kappa shape index (κ3) is 3.48. The Bertz CT molecular complexity index is 527. The molecule has 1 aromatic rings. The molecule has 108 valence electrons. The van der Waals surface area contributed by atoms with Crippen molar-refractivity contribution in [1.29, 1.82) is 0 Å². The Kier molecular flexibility index (Phi) is 4.96. The Hall–Kier alpha value is -1.17. The molecule has 0 fully saturated rings. The third-order valence-corrected chi connectivity index (χ3v) is 4.33. The fourth-order valence-electron chi connectivity index (χ4n) is 2.34. The van der Waals surface area contributed by atoms with E-state index in [-0.39, 0.29) is 10.9 Å². The molecular weight excluding hydrogens is 276 g/mol. The van der Waals surface area contributed by atoms with Crippen LogP contribution in [0.15, 0.2) is 18.2 Å². The van der Waals surface area contributed by atoms with Gasteiger partial charge in [-0.2, -0.15) is 0 Å². The van der Waals surface area contributed by atoms with Gasteiger partial charge in [0.2, 0.25) is 0 Å². The predicted octanol–water partition coefficient (Wildman–Crippen LogP) is 1.88. The van der Waals surface area contributed by atoms with Gasteiger partial charge in [-0.1, -0.05) is 23.9 Å². The molecule has 1 aliphatic carbocycles. The van der Waals surface area contributed by atoms with Crippen LogP contribution in [0.25, 0.3) is 0 Å². The minimum Gasteiger partial charge on any atom is -0.390 e. The summed E-state index contributed by atoms with van der Waals surface area (Å²) in [5.74, 6) is 0.563. The van der Waals surface area contributed by atoms with Gasteiger partial charge in [-0.05, 0) is 30.0 Å². The molecule has 0 aromatic heterocycles. The standard InChI is InChI=1S/C15H18O4S/c1-9(16)20-7-6-14(18)15(19)11-3-2-10-4-5-13(17)12(10)8-11/h2-3,8,14-15,18-19H,4-7H2,1H3. The first kappa shape index (κ1) is 15.2. The van der Waals surface area contributed by atoms with Crippen molar-refractivity contribution in [3.63, 3.8) is 0 Å². The largest absolute Gasteiger partial charge is 0.390 e. The van der Waals surface area contributed by atoms with Crippen molar-refractivity contribution >= 4 is 22.7 Å². The zero-order valence-electron chi connectivity index (χ0n) is 11.3. The molecule has 0 radical (unpaired) electrons. The molecule has 0 saturated carbocycles. The molecule has 1 aliphatic rings. The van der Waals surface area contributed by atoms with Crippen molar-refractivity contribution in [3.05, 3.63) is 34.9 Å². The first-order valence-corrected chi connectivity index (χ1v) is 7.63. The molecule has 5 heteroatoms. The van der Waals surface area contributed by atoms with Gasteiger partial charge in [0.25, 0.3) is 0 Å². The molecule has 0 spiro atoms. The second-order valence-electron chi connectivity index (χ2n) is 4.98. The molecule has 0 saturated heterocycles. The highest BCUT2D eigenvalue weighted by Crippen LogP contribution is 2.27. The highest BCUT2D eigenvalue weighted by atomic mass is 32.2. The number of hydrogen-bond acceptors (Lipinski definition) is 5. The number of rotatable bonds is 5. The minimum absolute atomic E-state index is 0.00480. The first-order chi connectivity index (χ1) is 9.49. The normalized spacial score (nSPS) is 16.9. The number of aryl methyl sites for hydroxylation is 1. The van der Waals surface area contributed by atoms with Crippen LogP contribution < -0.4 is 0 Å². The Morgan fingerprint density at radius 1 is 1.35 bits per heavy atom. The van der Waals surface area contributed by atoms with Crippen LogP contribution in [-0.2, 0) is 11.2 Å². The fourth-order valence-corrected chi connectivity index (χ4v) is 2.99. The summed E-state index contributed by atoms with van der Waals surface area (Å²) in [6, 6.07) is 5.27.